The van der Waals surface area contributed by atoms with Gasteiger partial charge >= 0.3 is 149 Å². The second kappa shape index (κ2) is 31.8. The molecule has 6 rings (SSSR count). The zero-order valence-electron chi connectivity index (χ0n) is 30.7. The number of benzene rings is 3. The first kappa shape index (κ1) is 59.2. The van der Waals surface area contributed by atoms with Crippen LogP contribution >= 0.6 is 0 Å². The maximum absolute atomic E-state index is 13.4. The summed E-state index contributed by atoms with van der Waals surface area (Å²) in [6.45, 7) is 0.488. The molecule has 22 heteroatoms. The van der Waals surface area contributed by atoms with Crippen LogP contribution in [0.15, 0.2) is 113 Å². The van der Waals surface area contributed by atoms with E-state index in [1.165, 1.54) is 41.1 Å². The Morgan fingerprint density at radius 3 is 1.78 bits per heavy atom. The summed E-state index contributed by atoms with van der Waals surface area (Å²) in [6, 6.07) is 19.3. The van der Waals surface area contributed by atoms with Crippen LogP contribution in [0.2, 0.25) is 0 Å². The Morgan fingerprint density at radius 2 is 1.33 bits per heavy atom. The smallest absolute Gasteiger partial charge is 1.00 e. The van der Waals surface area contributed by atoms with Crippen molar-refractivity contribution in [1.29, 1.82) is 0 Å². The van der Waals surface area contributed by atoms with Crippen LogP contribution in [-0.2, 0) is 14.5 Å². The normalized spacial score (nSPS) is 10.6. The number of nitrogens with one attached hydrogen (secondary N) is 1. The van der Waals surface area contributed by atoms with Gasteiger partial charge in [0.15, 0.2) is 0 Å². The molecule has 0 unspecified atom stereocenters. The molecule has 5 aromatic rings. The molecule has 1 fully saturated rings. The molecule has 304 valence electrons. The fourth-order valence-electron chi connectivity index (χ4n) is 4.20. The minimum Gasteiger partial charge on any atom is -1.00 e. The van der Waals surface area contributed by atoms with Gasteiger partial charge in [0.1, 0.15) is 11.6 Å². The van der Waals surface area contributed by atoms with Crippen molar-refractivity contribution in [2.45, 2.75) is 34.1 Å². The van der Waals surface area contributed by atoms with E-state index in [-0.39, 0.29) is 190 Å². The van der Waals surface area contributed by atoms with Gasteiger partial charge in [-0.2, -0.15) is 8.78 Å². The van der Waals surface area contributed by atoms with Crippen molar-refractivity contribution >= 4 is 35.1 Å². The maximum Gasteiger partial charge on any atom is 1.00 e. The van der Waals surface area contributed by atoms with Crippen molar-refractivity contribution in [2.24, 2.45) is 0 Å². The molecule has 0 radical (unpaired) electrons. The number of nitrogens with two attached hydrogens (primary N) is 1. The second-order valence-corrected chi connectivity index (χ2v) is 10.3. The number of carbonyl (C=O) groups is 2. The number of carbonyl (C=O) groups excluding carboxylic acids is 2. The topological polar surface area (TPSA) is 237 Å². The Labute approximate surface area is 449 Å². The van der Waals surface area contributed by atoms with E-state index in [0.717, 1.165) is 37.1 Å². The number of nitro groups is 2. The largest absolute Gasteiger partial charge is 1.00 e. The number of amides is 1. The third-order valence-electron chi connectivity index (χ3n) is 6.67. The third kappa shape index (κ3) is 20.7. The molecule has 58 heavy (non-hydrogen) atoms. The van der Waals surface area contributed by atoms with Crippen molar-refractivity contribution < 1.29 is 188 Å². The number of nitrogen functional groups attached to an aromatic ring is 1. The van der Waals surface area contributed by atoms with E-state index < -0.39 is 44.5 Å². The first-order chi connectivity index (χ1) is 25.7. The van der Waals surface area contributed by atoms with Gasteiger partial charge in [0.2, 0.25) is 23.1 Å². The summed E-state index contributed by atoms with van der Waals surface area (Å²) in [6.07, 6.45) is 5.50. The first-order valence-corrected chi connectivity index (χ1v) is 15.1. The minimum absolute atomic E-state index is 0. The number of H-pyrrole nitrogens is 1. The number of anilines is 2. The molecule has 0 atom stereocenters. The molecule has 2 aromatic heterocycles. The van der Waals surface area contributed by atoms with Gasteiger partial charge in [0.05, 0.1) is 21.2 Å². The van der Waals surface area contributed by atoms with Crippen LogP contribution in [0.1, 0.15) is 37.0 Å². The zero-order chi connectivity index (χ0) is 40.2. The number of hydrogen-bond acceptors (Lipinski definition) is 11. The number of nitro benzene ring substituents is 2. The van der Waals surface area contributed by atoms with E-state index in [1.807, 2.05) is 0 Å². The van der Waals surface area contributed by atoms with E-state index >= 15 is 0 Å². The van der Waals surface area contributed by atoms with Crippen molar-refractivity contribution in [3.8, 4) is 5.69 Å². The maximum atomic E-state index is 13.4. The molecule has 1 aliphatic heterocycles. The van der Waals surface area contributed by atoms with E-state index in [0.29, 0.717) is 24.7 Å². The van der Waals surface area contributed by atoms with E-state index in [4.69, 9.17) is 15.8 Å². The molecule has 0 spiro atoms. The summed E-state index contributed by atoms with van der Waals surface area (Å²) in [5, 5.41) is 28.8. The van der Waals surface area contributed by atoms with Gasteiger partial charge in [-0.3, -0.25) is 44.0 Å². The number of rotatable bonds is 5. The van der Waals surface area contributed by atoms with Crippen LogP contribution in [0, 0.1) is 43.5 Å². The number of piperidine rings is 1. The van der Waals surface area contributed by atoms with Crippen LogP contribution < -0.4 is 165 Å². The van der Waals surface area contributed by atoms with Gasteiger partial charge in [-0.15, -0.1) is 0 Å². The fourth-order valence-corrected chi connectivity index (χ4v) is 4.20. The molecular formula is C36H40Cs2F4N6O10. The first-order valence-electron chi connectivity index (χ1n) is 15.1. The Morgan fingerprint density at radius 1 is 0.776 bits per heavy atom. The second-order valence-electron chi connectivity index (χ2n) is 10.3. The molecular weight excluding hydrogens is 1020 g/mol. The molecule has 1 amide bonds. The van der Waals surface area contributed by atoms with E-state index in [9.17, 15) is 52.2 Å². The monoisotopic (exact) mass is 1060 g/mol. The minimum atomic E-state index is -1.16. The molecule has 0 bridgehead atoms. The Kier molecular flexibility index (Phi) is 32.4. The quantitative estimate of drug-likeness (QED) is 0.0600. The molecule has 3 aromatic carbocycles. The van der Waals surface area contributed by atoms with Crippen LogP contribution in [0.3, 0.4) is 0 Å². The summed E-state index contributed by atoms with van der Waals surface area (Å²) in [5.74, 6) is -3.36. The average molecular weight is 1060 g/mol. The number of aromatic amines is 1. The molecule has 0 aliphatic carbocycles. The molecule has 3 heterocycles. The summed E-state index contributed by atoms with van der Waals surface area (Å²) in [4.78, 5) is 67.3. The Hall–Kier alpha value is -3.12. The van der Waals surface area contributed by atoms with Crippen molar-refractivity contribution in [3.63, 3.8) is 0 Å². The molecule has 16 nitrogen and oxygen atoms in total. The summed E-state index contributed by atoms with van der Waals surface area (Å²) < 4.78 is 52.3. The summed E-state index contributed by atoms with van der Waals surface area (Å²) in [5.41, 5.74) is 4.63. The van der Waals surface area contributed by atoms with Gasteiger partial charge < -0.3 is 27.2 Å². The van der Waals surface area contributed by atoms with Crippen LogP contribution in [0.25, 0.3) is 5.69 Å². The van der Waals surface area contributed by atoms with Gasteiger partial charge in [0.25, 0.3) is 12.0 Å². The number of nitrogens with zero attached hydrogens (tertiary/aromatic N) is 4. The SMILES string of the molecule is C.C.Nc1ccc(N2CCCCC2=O)cc1F.O=CO[O-].O=[N+]([O-])c1ccc(F)cc1F.O=c1cccc[nH]1.O=c1ccccn1-c1ccc([N+](=O)[O-])c(F)c1.[Cs+].[Cs+].[H-].[HH]. The Balaban J connectivity index is -0.000000217. The van der Waals surface area contributed by atoms with E-state index in [1.54, 1.807) is 41.4 Å². The van der Waals surface area contributed by atoms with Crippen molar-refractivity contribution in [2.75, 3.05) is 17.2 Å². The number of aromatic nitrogens is 2. The van der Waals surface area contributed by atoms with Gasteiger partial charge in [0, 0.05) is 68.9 Å². The Bertz CT molecular complexity index is 2180. The fraction of sp³-hybridized carbons (Fsp3) is 0.167. The van der Waals surface area contributed by atoms with Crippen LogP contribution in [0.5, 0.6) is 0 Å². The van der Waals surface area contributed by atoms with Crippen LogP contribution in [0.4, 0.5) is 40.3 Å². The van der Waals surface area contributed by atoms with Gasteiger partial charge in [-0.25, -0.2) is 8.78 Å². The number of halogens is 4. The third-order valence-corrected chi connectivity index (χ3v) is 6.67. The molecule has 1 saturated heterocycles. The van der Waals surface area contributed by atoms with Gasteiger partial charge in [-0.1, -0.05) is 27.0 Å². The standard InChI is InChI=1S/C11H7FN2O3.C11H13FN2O.C6H3F2NO2.C5H5NO.CH2O3.2CH4.2Cs.H2.H/c12-9-7-8(4-5-10(9)14(16)17)13-6-2-1-3-11(13)15;12-9-7-8(4-5-10(9)13)14-6-2-1-3-11(14)15;7-4-1-2-6(9(10)11)5(8)3-4;7-5-3-1-2-4-6-5;2-1-4-3;;;;;;/h1-7H;4-5,7H,1-3,6,13H2;1-3H;1-4H,(H,6,7);1,3H;2*1H4;;;1H;/q;;;;;;;2*+1;;-1/p-1. The molecule has 0 saturated carbocycles. The number of hydrogen-bond donors (Lipinski definition) is 2. The van der Waals surface area contributed by atoms with Crippen LogP contribution in [-0.4, -0.2) is 38.3 Å². The van der Waals surface area contributed by atoms with E-state index in [2.05, 4.69) is 9.87 Å². The molecule has 3 N–H and O–H groups in total. The summed E-state index contributed by atoms with van der Waals surface area (Å²) >= 11 is 0. The van der Waals surface area contributed by atoms with Crippen molar-refractivity contribution in [3.05, 3.63) is 168 Å². The number of pyridine rings is 2. The average Bonchev–Trinajstić information content (AvgIpc) is 3.14. The summed E-state index contributed by atoms with van der Waals surface area (Å²) in [7, 11) is 0. The predicted molar refractivity (Wildman–Crippen MR) is 200 cm³/mol. The predicted octanol–water partition coefficient (Wildman–Crippen LogP) is 0.131. The van der Waals surface area contributed by atoms with Crippen molar-refractivity contribution in [1.82, 2.24) is 9.55 Å². The van der Waals surface area contributed by atoms with Gasteiger partial charge in [-0.05, 0) is 55.3 Å². The zero-order valence-corrected chi connectivity index (χ0v) is 42.2. The molecule has 1 aliphatic rings.